The molecular formula is C13H16BrF2NO. The Morgan fingerprint density at radius 3 is 2.72 bits per heavy atom. The van der Waals surface area contributed by atoms with Gasteiger partial charge in [0.15, 0.2) is 0 Å². The van der Waals surface area contributed by atoms with Gasteiger partial charge in [0.1, 0.15) is 17.4 Å². The van der Waals surface area contributed by atoms with Crippen LogP contribution >= 0.6 is 15.9 Å². The van der Waals surface area contributed by atoms with Gasteiger partial charge in [-0.25, -0.2) is 8.78 Å². The van der Waals surface area contributed by atoms with E-state index >= 15 is 0 Å². The summed E-state index contributed by atoms with van der Waals surface area (Å²) in [6, 6.07) is 2.44. The van der Waals surface area contributed by atoms with Gasteiger partial charge in [-0.2, -0.15) is 0 Å². The van der Waals surface area contributed by atoms with Gasteiger partial charge in [-0.3, -0.25) is 4.79 Å². The van der Waals surface area contributed by atoms with Crippen molar-refractivity contribution in [1.29, 1.82) is 0 Å². The lowest BCUT2D eigenvalue weighted by Crippen LogP contribution is -2.17. The number of benzene rings is 1. The molecule has 0 radical (unpaired) electrons. The molecule has 0 aliphatic rings. The number of halogens is 3. The van der Waals surface area contributed by atoms with E-state index in [9.17, 15) is 13.6 Å². The average Bonchev–Trinajstić information content (AvgIpc) is 2.36. The second kappa shape index (κ2) is 6.95. The first kappa shape index (κ1) is 15.2. The van der Waals surface area contributed by atoms with E-state index in [1.54, 1.807) is 6.92 Å². The number of ketones is 1. The van der Waals surface area contributed by atoms with Crippen molar-refractivity contribution >= 4 is 21.7 Å². The Kier molecular flexibility index (Phi) is 5.88. The number of carbonyl (C=O) groups excluding carboxylic acids is 1. The highest BCUT2D eigenvalue weighted by Gasteiger charge is 2.19. The zero-order valence-electron chi connectivity index (χ0n) is 10.2. The van der Waals surface area contributed by atoms with Crippen molar-refractivity contribution in [2.24, 2.45) is 11.7 Å². The summed E-state index contributed by atoms with van der Waals surface area (Å²) < 4.78 is 27.3. The van der Waals surface area contributed by atoms with Crippen LogP contribution in [0.5, 0.6) is 0 Å². The van der Waals surface area contributed by atoms with E-state index in [1.807, 2.05) is 0 Å². The molecule has 0 saturated heterocycles. The maximum absolute atomic E-state index is 13.7. The Morgan fingerprint density at radius 2 is 2.11 bits per heavy atom. The molecule has 0 aromatic heterocycles. The minimum absolute atomic E-state index is 0.167. The third-order valence-electron chi connectivity index (χ3n) is 2.88. The van der Waals surface area contributed by atoms with Crippen molar-refractivity contribution in [2.45, 2.75) is 26.2 Å². The van der Waals surface area contributed by atoms with E-state index in [1.165, 1.54) is 6.07 Å². The summed E-state index contributed by atoms with van der Waals surface area (Å²) in [5.74, 6) is -1.78. The van der Waals surface area contributed by atoms with Crippen molar-refractivity contribution in [3.05, 3.63) is 33.8 Å². The molecule has 0 saturated carbocycles. The van der Waals surface area contributed by atoms with Crippen molar-refractivity contribution in [1.82, 2.24) is 0 Å². The standard InChI is InChI=1S/C13H16BrF2NO/c1-8(3-2-6-17)12(18)7-9-11(15)5-4-10(14)13(9)16/h4-5,8H,2-3,6-7,17H2,1H3. The predicted molar refractivity (Wildman–Crippen MR) is 70.2 cm³/mol. The minimum Gasteiger partial charge on any atom is -0.330 e. The van der Waals surface area contributed by atoms with E-state index in [0.717, 1.165) is 12.5 Å². The molecular weight excluding hydrogens is 304 g/mol. The summed E-state index contributed by atoms with van der Waals surface area (Å²) in [6.07, 6.45) is 1.16. The maximum atomic E-state index is 13.7. The monoisotopic (exact) mass is 319 g/mol. The molecule has 1 aromatic rings. The lowest BCUT2D eigenvalue weighted by atomic mass is 9.95. The van der Waals surface area contributed by atoms with Gasteiger partial charge in [-0.15, -0.1) is 0 Å². The number of hydrogen-bond acceptors (Lipinski definition) is 2. The second-order valence-electron chi connectivity index (χ2n) is 4.30. The summed E-state index contributed by atoms with van der Waals surface area (Å²) in [7, 11) is 0. The molecule has 1 rings (SSSR count). The van der Waals surface area contributed by atoms with Crippen LogP contribution in [0.25, 0.3) is 0 Å². The summed E-state index contributed by atoms with van der Waals surface area (Å²) in [4.78, 5) is 11.8. The van der Waals surface area contributed by atoms with Gasteiger partial charge < -0.3 is 5.73 Å². The number of nitrogens with two attached hydrogens (primary N) is 1. The van der Waals surface area contributed by atoms with Crippen LogP contribution in [-0.2, 0) is 11.2 Å². The van der Waals surface area contributed by atoms with E-state index in [4.69, 9.17) is 5.73 Å². The van der Waals surface area contributed by atoms with Crippen LogP contribution in [0, 0.1) is 17.6 Å². The van der Waals surface area contributed by atoms with Crippen LogP contribution in [-0.4, -0.2) is 12.3 Å². The number of rotatable bonds is 6. The number of Topliss-reactive ketones (excluding diaryl/α,β-unsaturated/α-hetero) is 1. The zero-order chi connectivity index (χ0) is 13.7. The Labute approximate surface area is 114 Å². The summed E-state index contributed by atoms with van der Waals surface area (Å²) >= 11 is 2.98. The predicted octanol–water partition coefficient (Wildman–Crippen LogP) is 3.21. The Bertz CT molecular complexity index is 437. The quantitative estimate of drug-likeness (QED) is 0.818. The van der Waals surface area contributed by atoms with Crippen LogP contribution in [0.3, 0.4) is 0 Å². The molecule has 0 spiro atoms. The van der Waals surface area contributed by atoms with Gasteiger partial charge in [0.05, 0.1) is 4.47 Å². The molecule has 0 aliphatic heterocycles. The smallest absolute Gasteiger partial charge is 0.143 e. The van der Waals surface area contributed by atoms with Crippen LogP contribution in [0.1, 0.15) is 25.3 Å². The molecule has 1 aromatic carbocycles. The molecule has 0 bridgehead atoms. The fourth-order valence-corrected chi connectivity index (χ4v) is 2.04. The average molecular weight is 320 g/mol. The molecule has 0 amide bonds. The largest absolute Gasteiger partial charge is 0.330 e. The molecule has 100 valence electrons. The van der Waals surface area contributed by atoms with E-state index < -0.39 is 11.6 Å². The van der Waals surface area contributed by atoms with Crippen LogP contribution < -0.4 is 5.73 Å². The normalized spacial score (nSPS) is 12.5. The van der Waals surface area contributed by atoms with Crippen LogP contribution in [0.4, 0.5) is 8.78 Å². The molecule has 0 fully saturated rings. The summed E-state index contributed by atoms with van der Waals surface area (Å²) in [6.45, 7) is 2.27. The minimum atomic E-state index is -0.700. The number of carbonyl (C=O) groups is 1. The van der Waals surface area contributed by atoms with Gasteiger partial charge in [-0.05, 0) is 47.4 Å². The van der Waals surface area contributed by atoms with Gasteiger partial charge in [-0.1, -0.05) is 6.92 Å². The molecule has 0 aliphatic carbocycles. The van der Waals surface area contributed by atoms with Gasteiger partial charge in [0, 0.05) is 17.9 Å². The van der Waals surface area contributed by atoms with E-state index in [2.05, 4.69) is 15.9 Å². The van der Waals surface area contributed by atoms with Crippen molar-refractivity contribution < 1.29 is 13.6 Å². The van der Waals surface area contributed by atoms with E-state index in [-0.39, 0.29) is 28.2 Å². The first-order valence-corrected chi connectivity index (χ1v) is 6.61. The van der Waals surface area contributed by atoms with Gasteiger partial charge in [0.25, 0.3) is 0 Å². The van der Waals surface area contributed by atoms with Crippen LogP contribution in [0.2, 0.25) is 0 Å². The lowest BCUT2D eigenvalue weighted by molar-refractivity contribution is -0.122. The molecule has 2 N–H and O–H groups in total. The maximum Gasteiger partial charge on any atom is 0.143 e. The van der Waals surface area contributed by atoms with E-state index in [0.29, 0.717) is 13.0 Å². The molecule has 0 heterocycles. The van der Waals surface area contributed by atoms with Crippen molar-refractivity contribution in [3.8, 4) is 0 Å². The molecule has 1 unspecified atom stereocenters. The Balaban J connectivity index is 2.79. The molecule has 1 atom stereocenters. The first-order chi connectivity index (χ1) is 8.47. The van der Waals surface area contributed by atoms with Crippen molar-refractivity contribution in [2.75, 3.05) is 6.54 Å². The first-order valence-electron chi connectivity index (χ1n) is 5.82. The highest BCUT2D eigenvalue weighted by molar-refractivity contribution is 9.10. The fourth-order valence-electron chi connectivity index (χ4n) is 1.66. The molecule has 18 heavy (non-hydrogen) atoms. The third-order valence-corrected chi connectivity index (χ3v) is 3.49. The Morgan fingerprint density at radius 1 is 1.44 bits per heavy atom. The summed E-state index contributed by atoms with van der Waals surface area (Å²) in [5, 5.41) is 0. The van der Waals surface area contributed by atoms with Gasteiger partial charge in [0.2, 0.25) is 0 Å². The zero-order valence-corrected chi connectivity index (χ0v) is 11.8. The molecule has 2 nitrogen and oxygen atoms in total. The second-order valence-corrected chi connectivity index (χ2v) is 5.15. The molecule has 5 heteroatoms. The topological polar surface area (TPSA) is 43.1 Å². The lowest BCUT2D eigenvalue weighted by Gasteiger charge is -2.11. The summed E-state index contributed by atoms with van der Waals surface area (Å²) in [5.41, 5.74) is 5.19. The van der Waals surface area contributed by atoms with Gasteiger partial charge >= 0.3 is 0 Å². The SMILES string of the molecule is CC(CCCN)C(=O)Cc1c(F)ccc(Br)c1F. The fraction of sp³-hybridized carbons (Fsp3) is 0.462. The highest BCUT2D eigenvalue weighted by atomic mass is 79.9. The Hall–Kier alpha value is -0.810. The van der Waals surface area contributed by atoms with Crippen LogP contribution in [0.15, 0.2) is 16.6 Å². The van der Waals surface area contributed by atoms with Crippen molar-refractivity contribution in [3.63, 3.8) is 0 Å². The number of hydrogen-bond donors (Lipinski definition) is 1. The highest BCUT2D eigenvalue weighted by Crippen LogP contribution is 2.23. The third kappa shape index (κ3) is 3.85.